The lowest BCUT2D eigenvalue weighted by Crippen LogP contribution is -2.35. The van der Waals surface area contributed by atoms with Gasteiger partial charge in [-0.2, -0.15) is 18.4 Å². The first-order valence-electron chi connectivity index (χ1n) is 4.66. The van der Waals surface area contributed by atoms with Gasteiger partial charge in [-0.3, -0.25) is 4.79 Å². The van der Waals surface area contributed by atoms with E-state index in [-0.39, 0.29) is 18.9 Å². The van der Waals surface area contributed by atoms with Crippen molar-refractivity contribution in [2.24, 2.45) is 5.92 Å². The Morgan fingerprint density at radius 1 is 1.56 bits per heavy atom. The smallest absolute Gasteiger partial charge is 0.359 e. The fourth-order valence-corrected chi connectivity index (χ4v) is 1.04. The van der Waals surface area contributed by atoms with Gasteiger partial charge >= 0.3 is 6.18 Å². The molecule has 0 heterocycles. The first-order chi connectivity index (χ1) is 7.31. The number of alkyl halides is 3. The fraction of sp³-hybridized carbons (Fsp3) is 0.778. The summed E-state index contributed by atoms with van der Waals surface area (Å²) in [6.45, 7) is -0.231. The molecule has 0 saturated carbocycles. The van der Waals surface area contributed by atoms with E-state index in [1.54, 1.807) is 0 Å². The van der Waals surface area contributed by atoms with E-state index in [4.69, 9.17) is 5.26 Å². The minimum Gasteiger partial charge on any atom is -0.359 e. The van der Waals surface area contributed by atoms with E-state index in [1.165, 1.54) is 25.1 Å². The maximum absolute atomic E-state index is 12.2. The molecule has 1 unspecified atom stereocenters. The van der Waals surface area contributed by atoms with Gasteiger partial charge in [-0.15, -0.1) is 0 Å². The Hall–Kier alpha value is -1.29. The lowest BCUT2D eigenvalue weighted by Gasteiger charge is -2.20. The summed E-state index contributed by atoms with van der Waals surface area (Å²) in [6.07, 6.45) is -4.40. The van der Waals surface area contributed by atoms with Crippen LogP contribution in [0.2, 0.25) is 0 Å². The maximum Gasteiger partial charge on any atom is 0.405 e. The molecule has 0 fully saturated rings. The molecule has 0 aromatic rings. The molecule has 1 N–H and O–H groups in total. The number of hydrogen-bond acceptors (Lipinski definition) is 3. The third-order valence-electron chi connectivity index (χ3n) is 2.04. The Bertz CT molecular complexity index is 272. The molecule has 1 atom stereocenters. The van der Waals surface area contributed by atoms with E-state index < -0.39 is 18.6 Å². The summed E-state index contributed by atoms with van der Waals surface area (Å²) in [5.41, 5.74) is 0. The maximum atomic E-state index is 12.2. The number of halogens is 3. The normalized spacial score (nSPS) is 13.3. The summed E-state index contributed by atoms with van der Waals surface area (Å²) in [5.74, 6) is -2.26. The lowest BCUT2D eigenvalue weighted by atomic mass is 10.1. The van der Waals surface area contributed by atoms with Crippen LogP contribution >= 0.6 is 0 Å². The van der Waals surface area contributed by atoms with Crippen molar-refractivity contribution < 1.29 is 18.0 Å². The summed E-state index contributed by atoms with van der Waals surface area (Å²) >= 11 is 0. The summed E-state index contributed by atoms with van der Waals surface area (Å²) < 4.78 is 36.7. The number of carbonyl (C=O) groups is 1. The molecule has 92 valence electrons. The van der Waals surface area contributed by atoms with Crippen LogP contribution in [0.4, 0.5) is 13.2 Å². The number of nitrogens with one attached hydrogen (secondary N) is 1. The first kappa shape index (κ1) is 14.7. The van der Waals surface area contributed by atoms with Gasteiger partial charge < -0.3 is 10.2 Å². The second-order valence-corrected chi connectivity index (χ2v) is 3.41. The number of hydrogen-bond donors (Lipinski definition) is 1. The van der Waals surface area contributed by atoms with Gasteiger partial charge in [0.1, 0.15) is 0 Å². The van der Waals surface area contributed by atoms with E-state index in [9.17, 15) is 18.0 Å². The molecule has 0 radical (unpaired) electrons. The summed E-state index contributed by atoms with van der Waals surface area (Å²) in [7, 11) is 2.90. The molecule has 1 amide bonds. The van der Waals surface area contributed by atoms with E-state index in [1.807, 2.05) is 0 Å². The quantitative estimate of drug-likeness (QED) is 0.768. The standard InChI is InChI=1S/C9H14F3N3O/c1-14-8(16)3-4-15(2)6-7(5-13)9(10,11)12/h7H,3-4,6H2,1-2H3,(H,14,16). The lowest BCUT2D eigenvalue weighted by molar-refractivity contribution is -0.162. The number of rotatable bonds is 5. The molecular weight excluding hydrogens is 223 g/mol. The Morgan fingerprint density at radius 3 is 2.50 bits per heavy atom. The van der Waals surface area contributed by atoms with Crippen LogP contribution in [0, 0.1) is 17.2 Å². The van der Waals surface area contributed by atoms with Crippen LogP contribution in [-0.4, -0.2) is 44.2 Å². The molecular formula is C9H14F3N3O. The van der Waals surface area contributed by atoms with E-state index in [0.29, 0.717) is 0 Å². The van der Waals surface area contributed by atoms with Crippen LogP contribution in [0.5, 0.6) is 0 Å². The first-order valence-corrected chi connectivity index (χ1v) is 4.66. The van der Waals surface area contributed by atoms with Crippen molar-refractivity contribution in [1.29, 1.82) is 5.26 Å². The van der Waals surface area contributed by atoms with E-state index in [2.05, 4.69) is 5.32 Å². The molecule has 16 heavy (non-hydrogen) atoms. The molecule has 0 spiro atoms. The Balaban J connectivity index is 4.08. The Kier molecular flexibility index (Phi) is 5.82. The van der Waals surface area contributed by atoms with Crippen molar-refractivity contribution in [3.63, 3.8) is 0 Å². The van der Waals surface area contributed by atoms with Crippen LogP contribution in [-0.2, 0) is 4.79 Å². The van der Waals surface area contributed by atoms with Crippen LogP contribution in [0.3, 0.4) is 0 Å². The molecule has 0 aromatic carbocycles. The van der Waals surface area contributed by atoms with Crippen LogP contribution in [0.25, 0.3) is 0 Å². The highest BCUT2D eigenvalue weighted by Gasteiger charge is 2.40. The highest BCUT2D eigenvalue weighted by Crippen LogP contribution is 2.26. The molecule has 0 aliphatic heterocycles. The van der Waals surface area contributed by atoms with Gasteiger partial charge in [0.05, 0.1) is 6.07 Å². The van der Waals surface area contributed by atoms with Crippen LogP contribution in [0.15, 0.2) is 0 Å². The number of amides is 1. The average molecular weight is 237 g/mol. The van der Waals surface area contributed by atoms with Gasteiger partial charge in [-0.05, 0) is 7.05 Å². The van der Waals surface area contributed by atoms with Crippen LogP contribution in [0.1, 0.15) is 6.42 Å². The van der Waals surface area contributed by atoms with Crippen molar-refractivity contribution in [3.8, 4) is 6.07 Å². The SMILES string of the molecule is CNC(=O)CCN(C)CC(C#N)C(F)(F)F. The fourth-order valence-electron chi connectivity index (χ4n) is 1.04. The molecule has 7 heteroatoms. The largest absolute Gasteiger partial charge is 0.405 e. The van der Waals surface area contributed by atoms with Gasteiger partial charge in [0, 0.05) is 26.6 Å². The summed E-state index contributed by atoms with van der Waals surface area (Å²) in [6, 6.07) is 1.21. The van der Waals surface area contributed by atoms with Crippen LogP contribution < -0.4 is 5.32 Å². The predicted molar refractivity (Wildman–Crippen MR) is 51.3 cm³/mol. The minimum absolute atomic E-state index is 0.114. The number of nitrogens with zero attached hydrogens (tertiary/aromatic N) is 2. The molecule has 0 bridgehead atoms. The topological polar surface area (TPSA) is 56.1 Å². The second kappa shape index (κ2) is 6.33. The van der Waals surface area contributed by atoms with Crippen molar-refractivity contribution in [2.45, 2.75) is 12.6 Å². The van der Waals surface area contributed by atoms with Crippen molar-refractivity contribution in [3.05, 3.63) is 0 Å². The summed E-state index contributed by atoms with van der Waals surface area (Å²) in [4.78, 5) is 12.2. The zero-order valence-electron chi connectivity index (χ0n) is 9.14. The zero-order chi connectivity index (χ0) is 12.8. The third-order valence-corrected chi connectivity index (χ3v) is 2.04. The number of carbonyl (C=O) groups excluding carboxylic acids is 1. The minimum atomic E-state index is -4.52. The van der Waals surface area contributed by atoms with Gasteiger partial charge in [0.2, 0.25) is 5.91 Å². The highest BCUT2D eigenvalue weighted by atomic mass is 19.4. The molecule has 0 saturated heterocycles. The number of nitriles is 1. The van der Waals surface area contributed by atoms with Gasteiger partial charge in [-0.25, -0.2) is 0 Å². The van der Waals surface area contributed by atoms with Gasteiger partial charge in [-0.1, -0.05) is 0 Å². The molecule has 4 nitrogen and oxygen atoms in total. The van der Waals surface area contributed by atoms with Crippen molar-refractivity contribution in [2.75, 3.05) is 27.2 Å². The molecule has 0 aliphatic rings. The predicted octanol–water partition coefficient (Wildman–Crippen LogP) is 0.756. The van der Waals surface area contributed by atoms with E-state index in [0.717, 1.165) is 0 Å². The zero-order valence-corrected chi connectivity index (χ0v) is 9.14. The molecule has 0 rings (SSSR count). The molecule has 0 aliphatic carbocycles. The second-order valence-electron chi connectivity index (χ2n) is 3.41. The van der Waals surface area contributed by atoms with Gasteiger partial charge in [0.25, 0.3) is 0 Å². The third kappa shape index (κ3) is 5.56. The van der Waals surface area contributed by atoms with Crippen molar-refractivity contribution >= 4 is 5.91 Å². The van der Waals surface area contributed by atoms with Gasteiger partial charge in [0.15, 0.2) is 5.92 Å². The average Bonchev–Trinajstić information content (AvgIpc) is 2.20. The summed E-state index contributed by atoms with van der Waals surface area (Å²) in [5, 5.41) is 10.7. The Morgan fingerprint density at radius 2 is 2.12 bits per heavy atom. The highest BCUT2D eigenvalue weighted by molar-refractivity contribution is 5.75. The molecule has 0 aromatic heterocycles. The van der Waals surface area contributed by atoms with Crippen molar-refractivity contribution in [1.82, 2.24) is 10.2 Å². The monoisotopic (exact) mass is 237 g/mol. The van der Waals surface area contributed by atoms with E-state index >= 15 is 0 Å². The Labute approximate surface area is 92.0 Å².